The molecule has 0 bridgehead atoms. The summed E-state index contributed by atoms with van der Waals surface area (Å²) in [6.45, 7) is 0.498. The van der Waals surface area contributed by atoms with Gasteiger partial charge in [0.15, 0.2) is 0 Å². The molecule has 1 saturated carbocycles. The summed E-state index contributed by atoms with van der Waals surface area (Å²) in [5, 5.41) is 4.04. The molecule has 2 heterocycles. The summed E-state index contributed by atoms with van der Waals surface area (Å²) < 4.78 is 3.46. The van der Waals surface area contributed by atoms with E-state index in [1.165, 1.54) is 10.9 Å². The molecule has 1 fully saturated rings. The molecule has 0 radical (unpaired) electrons. The third-order valence-corrected chi connectivity index (χ3v) is 3.65. The Morgan fingerprint density at radius 2 is 2.25 bits per heavy atom. The maximum atomic E-state index is 12.7. The van der Waals surface area contributed by atoms with E-state index in [1.54, 1.807) is 13.2 Å². The van der Waals surface area contributed by atoms with E-state index in [0.29, 0.717) is 17.9 Å². The molecule has 7 nitrogen and oxygen atoms in total. The summed E-state index contributed by atoms with van der Waals surface area (Å²) in [6.07, 6.45) is 7.20. The molecule has 20 heavy (non-hydrogen) atoms. The number of hydrogen-bond acceptors (Lipinski definition) is 4. The number of nitrogens with two attached hydrogens (primary N) is 1. The molecule has 1 aliphatic carbocycles. The Labute approximate surface area is 117 Å². The highest BCUT2D eigenvalue weighted by Crippen LogP contribution is 2.30. The van der Waals surface area contributed by atoms with Crippen LogP contribution in [0.3, 0.4) is 0 Å². The summed E-state index contributed by atoms with van der Waals surface area (Å²) in [7, 11) is 3.66. The van der Waals surface area contributed by atoms with Gasteiger partial charge in [-0.15, -0.1) is 0 Å². The molecule has 2 aromatic heterocycles. The Hall–Kier alpha value is -2.31. The van der Waals surface area contributed by atoms with E-state index in [1.807, 2.05) is 22.7 Å². The fourth-order valence-corrected chi connectivity index (χ4v) is 2.31. The second-order valence-corrected chi connectivity index (χ2v) is 5.19. The van der Waals surface area contributed by atoms with Gasteiger partial charge in [-0.2, -0.15) is 5.10 Å². The lowest BCUT2D eigenvalue weighted by Gasteiger charge is -2.22. The molecule has 0 saturated heterocycles. The molecule has 2 aromatic rings. The number of aryl methyl sites for hydroxylation is 2. The van der Waals surface area contributed by atoms with Crippen LogP contribution >= 0.6 is 0 Å². The van der Waals surface area contributed by atoms with Crippen molar-refractivity contribution >= 4 is 11.6 Å². The van der Waals surface area contributed by atoms with Gasteiger partial charge in [-0.3, -0.25) is 9.48 Å². The van der Waals surface area contributed by atoms with Crippen molar-refractivity contribution in [2.24, 2.45) is 14.1 Å². The molecule has 106 valence electrons. The molecular weight excluding hydrogens is 256 g/mol. The molecule has 0 aliphatic heterocycles. The van der Waals surface area contributed by atoms with Crippen LogP contribution in [0.25, 0.3) is 0 Å². The monoisotopic (exact) mass is 274 g/mol. The fourth-order valence-electron chi connectivity index (χ4n) is 2.31. The minimum Gasteiger partial charge on any atom is -0.396 e. The van der Waals surface area contributed by atoms with Gasteiger partial charge in [0.05, 0.1) is 18.4 Å². The first-order valence-electron chi connectivity index (χ1n) is 6.62. The van der Waals surface area contributed by atoms with Gasteiger partial charge in [0, 0.05) is 32.5 Å². The van der Waals surface area contributed by atoms with Crippen molar-refractivity contribution in [2.75, 3.05) is 5.73 Å². The quantitative estimate of drug-likeness (QED) is 0.882. The predicted octanol–water partition coefficient (Wildman–Crippen LogP) is 0.541. The predicted molar refractivity (Wildman–Crippen MR) is 73.7 cm³/mol. The standard InChI is InChI=1S/C13H18N6O/c1-17-6-5-15-11(17)8-19(9-3-4-9)13(20)12-10(14)7-16-18(12)2/h5-7,9H,3-4,8,14H2,1-2H3. The van der Waals surface area contributed by atoms with Gasteiger partial charge >= 0.3 is 0 Å². The second-order valence-electron chi connectivity index (χ2n) is 5.19. The Morgan fingerprint density at radius 1 is 1.50 bits per heavy atom. The van der Waals surface area contributed by atoms with Crippen molar-refractivity contribution in [2.45, 2.75) is 25.4 Å². The average molecular weight is 274 g/mol. The van der Waals surface area contributed by atoms with Crippen molar-refractivity contribution < 1.29 is 4.79 Å². The molecule has 2 N–H and O–H groups in total. The summed E-state index contributed by atoms with van der Waals surface area (Å²) in [6, 6.07) is 0.286. The number of carbonyl (C=O) groups is 1. The molecule has 0 spiro atoms. The zero-order valence-electron chi connectivity index (χ0n) is 11.7. The number of rotatable bonds is 4. The molecule has 3 rings (SSSR count). The van der Waals surface area contributed by atoms with Gasteiger partial charge in [0.25, 0.3) is 5.91 Å². The Kier molecular flexibility index (Phi) is 2.96. The van der Waals surface area contributed by atoms with Crippen molar-refractivity contribution in [3.8, 4) is 0 Å². The zero-order valence-corrected chi connectivity index (χ0v) is 11.7. The number of aromatic nitrogens is 4. The highest BCUT2D eigenvalue weighted by molar-refractivity contribution is 5.97. The number of amides is 1. The zero-order chi connectivity index (χ0) is 14.3. The molecular formula is C13H18N6O. The van der Waals surface area contributed by atoms with Crippen molar-refractivity contribution in [1.29, 1.82) is 0 Å². The van der Waals surface area contributed by atoms with Gasteiger partial charge < -0.3 is 15.2 Å². The summed E-state index contributed by atoms with van der Waals surface area (Å²) in [4.78, 5) is 18.8. The van der Waals surface area contributed by atoms with Crippen LogP contribution in [-0.4, -0.2) is 36.2 Å². The van der Waals surface area contributed by atoms with Crippen LogP contribution in [0.5, 0.6) is 0 Å². The van der Waals surface area contributed by atoms with Gasteiger partial charge in [0.1, 0.15) is 11.5 Å². The SMILES string of the molecule is Cn1ccnc1CN(C(=O)c1c(N)cnn1C)C1CC1. The van der Waals surface area contributed by atoms with Crippen LogP contribution < -0.4 is 5.73 Å². The Balaban J connectivity index is 1.88. The lowest BCUT2D eigenvalue weighted by atomic mass is 10.3. The number of nitrogen functional groups attached to an aromatic ring is 1. The first-order chi connectivity index (χ1) is 9.58. The van der Waals surface area contributed by atoms with Gasteiger partial charge in [0.2, 0.25) is 0 Å². The number of imidazole rings is 1. The number of anilines is 1. The number of carbonyl (C=O) groups excluding carboxylic acids is 1. The summed E-state index contributed by atoms with van der Waals surface area (Å²) in [5.74, 6) is 0.791. The van der Waals surface area contributed by atoms with Crippen LogP contribution in [0.4, 0.5) is 5.69 Å². The maximum Gasteiger partial charge on any atom is 0.274 e. The van der Waals surface area contributed by atoms with Crippen molar-refractivity contribution in [3.63, 3.8) is 0 Å². The topological polar surface area (TPSA) is 82.0 Å². The minimum atomic E-state index is -0.0759. The summed E-state index contributed by atoms with van der Waals surface area (Å²) >= 11 is 0. The Bertz CT molecular complexity index is 620. The largest absolute Gasteiger partial charge is 0.396 e. The van der Waals surface area contributed by atoms with Crippen LogP contribution in [-0.2, 0) is 20.6 Å². The highest BCUT2D eigenvalue weighted by Gasteiger charge is 2.35. The van der Waals surface area contributed by atoms with E-state index in [4.69, 9.17) is 5.73 Å². The molecule has 0 unspecified atom stereocenters. The molecule has 1 amide bonds. The van der Waals surface area contributed by atoms with E-state index in [9.17, 15) is 4.79 Å². The highest BCUT2D eigenvalue weighted by atomic mass is 16.2. The normalized spacial score (nSPS) is 14.5. The smallest absolute Gasteiger partial charge is 0.274 e. The van der Waals surface area contributed by atoms with Crippen LogP contribution in [0, 0.1) is 0 Å². The summed E-state index contributed by atoms with van der Waals surface area (Å²) in [5.41, 5.74) is 6.72. The van der Waals surface area contributed by atoms with Crippen LogP contribution in [0.2, 0.25) is 0 Å². The van der Waals surface area contributed by atoms with E-state index in [-0.39, 0.29) is 11.9 Å². The van der Waals surface area contributed by atoms with Gasteiger partial charge in [-0.25, -0.2) is 4.98 Å². The van der Waals surface area contributed by atoms with Crippen molar-refractivity contribution in [3.05, 3.63) is 30.1 Å². The number of hydrogen-bond donors (Lipinski definition) is 1. The third-order valence-electron chi connectivity index (χ3n) is 3.65. The van der Waals surface area contributed by atoms with Crippen LogP contribution in [0.1, 0.15) is 29.2 Å². The molecule has 7 heteroatoms. The molecule has 0 atom stereocenters. The maximum absolute atomic E-state index is 12.7. The number of nitrogens with zero attached hydrogens (tertiary/aromatic N) is 5. The third kappa shape index (κ3) is 2.15. The van der Waals surface area contributed by atoms with E-state index < -0.39 is 0 Å². The van der Waals surface area contributed by atoms with Gasteiger partial charge in [-0.05, 0) is 12.8 Å². The lowest BCUT2D eigenvalue weighted by Crippen LogP contribution is -2.35. The van der Waals surface area contributed by atoms with E-state index >= 15 is 0 Å². The molecule has 0 aromatic carbocycles. The van der Waals surface area contributed by atoms with Gasteiger partial charge in [-0.1, -0.05) is 0 Å². The second kappa shape index (κ2) is 4.66. The first kappa shape index (κ1) is 12.7. The fraction of sp³-hybridized carbons (Fsp3) is 0.462. The molecule has 1 aliphatic rings. The Morgan fingerprint density at radius 3 is 2.75 bits per heavy atom. The lowest BCUT2D eigenvalue weighted by molar-refractivity contribution is 0.0714. The first-order valence-corrected chi connectivity index (χ1v) is 6.62. The van der Waals surface area contributed by atoms with Crippen molar-refractivity contribution in [1.82, 2.24) is 24.2 Å². The van der Waals surface area contributed by atoms with Crippen LogP contribution in [0.15, 0.2) is 18.6 Å². The van der Waals surface area contributed by atoms with E-state index in [0.717, 1.165) is 18.7 Å². The minimum absolute atomic E-state index is 0.0759. The van der Waals surface area contributed by atoms with E-state index in [2.05, 4.69) is 10.1 Å². The average Bonchev–Trinajstić information content (AvgIpc) is 3.09.